The summed E-state index contributed by atoms with van der Waals surface area (Å²) in [5, 5.41) is 26.2. The summed E-state index contributed by atoms with van der Waals surface area (Å²) in [5.74, 6) is 0.0806. The number of benzene rings is 2. The summed E-state index contributed by atoms with van der Waals surface area (Å²) in [7, 11) is 0. The topological polar surface area (TPSA) is 111 Å². The number of nitrogens with zero attached hydrogens (tertiary/aromatic N) is 3. The molecule has 8 heteroatoms. The van der Waals surface area contributed by atoms with Crippen molar-refractivity contribution in [1.82, 2.24) is 0 Å². The Morgan fingerprint density at radius 3 is 2.25 bits per heavy atom. The van der Waals surface area contributed by atoms with Gasteiger partial charge < -0.3 is 0 Å². The molecule has 0 saturated carbocycles. The second kappa shape index (κ2) is 7.32. The molecular formula is C16H16N4O4. The van der Waals surface area contributed by atoms with Gasteiger partial charge in [0, 0.05) is 6.07 Å². The van der Waals surface area contributed by atoms with Crippen LogP contribution in [-0.2, 0) is 0 Å². The van der Waals surface area contributed by atoms with Crippen LogP contribution < -0.4 is 5.43 Å². The van der Waals surface area contributed by atoms with E-state index in [0.29, 0.717) is 0 Å². The number of hydrazone groups is 1. The smallest absolute Gasteiger partial charge is 0.271 e. The highest BCUT2D eigenvalue weighted by atomic mass is 16.6. The molecule has 0 aliphatic heterocycles. The molecule has 0 saturated heterocycles. The fourth-order valence-electron chi connectivity index (χ4n) is 2.14. The Balaban J connectivity index is 2.39. The average molecular weight is 328 g/mol. The van der Waals surface area contributed by atoms with Crippen molar-refractivity contribution in [2.24, 2.45) is 11.0 Å². The molecule has 124 valence electrons. The van der Waals surface area contributed by atoms with E-state index in [1.807, 2.05) is 44.2 Å². The third-order valence-electron chi connectivity index (χ3n) is 3.30. The fourth-order valence-corrected chi connectivity index (χ4v) is 2.14. The van der Waals surface area contributed by atoms with E-state index in [1.54, 1.807) is 0 Å². The molecular weight excluding hydrogens is 312 g/mol. The Morgan fingerprint density at radius 1 is 1.04 bits per heavy atom. The van der Waals surface area contributed by atoms with E-state index in [0.717, 1.165) is 17.3 Å². The zero-order chi connectivity index (χ0) is 17.7. The second-order valence-electron chi connectivity index (χ2n) is 5.35. The van der Waals surface area contributed by atoms with Gasteiger partial charge in [0.1, 0.15) is 5.69 Å². The summed E-state index contributed by atoms with van der Waals surface area (Å²) in [6.07, 6.45) is 0. The highest BCUT2D eigenvalue weighted by Crippen LogP contribution is 2.29. The lowest BCUT2D eigenvalue weighted by Gasteiger charge is -2.11. The number of nitro benzene ring substituents is 2. The number of hydrogen-bond acceptors (Lipinski definition) is 6. The van der Waals surface area contributed by atoms with Crippen LogP contribution >= 0.6 is 0 Å². The third kappa shape index (κ3) is 3.92. The molecule has 0 aliphatic carbocycles. The molecule has 2 aromatic carbocycles. The van der Waals surface area contributed by atoms with Gasteiger partial charge in [0.2, 0.25) is 0 Å². The molecule has 0 amide bonds. The molecule has 0 bridgehead atoms. The lowest BCUT2D eigenvalue weighted by Crippen LogP contribution is -2.12. The van der Waals surface area contributed by atoms with Crippen LogP contribution in [0.25, 0.3) is 0 Å². The molecule has 2 aromatic rings. The van der Waals surface area contributed by atoms with Crippen LogP contribution in [0.2, 0.25) is 0 Å². The number of nitrogens with one attached hydrogen (secondary N) is 1. The van der Waals surface area contributed by atoms with Gasteiger partial charge in [-0.25, -0.2) is 0 Å². The Bertz CT molecular complexity index is 788. The number of non-ortho nitro benzene ring substituents is 1. The van der Waals surface area contributed by atoms with Gasteiger partial charge in [-0.1, -0.05) is 44.2 Å². The molecule has 0 atom stereocenters. The van der Waals surface area contributed by atoms with Crippen LogP contribution in [0.3, 0.4) is 0 Å². The van der Waals surface area contributed by atoms with E-state index in [4.69, 9.17) is 0 Å². The largest absolute Gasteiger partial charge is 0.301 e. The lowest BCUT2D eigenvalue weighted by atomic mass is 10.0. The van der Waals surface area contributed by atoms with E-state index >= 15 is 0 Å². The van der Waals surface area contributed by atoms with Crippen molar-refractivity contribution in [3.63, 3.8) is 0 Å². The van der Waals surface area contributed by atoms with Gasteiger partial charge in [0.05, 0.1) is 21.6 Å². The summed E-state index contributed by atoms with van der Waals surface area (Å²) >= 11 is 0. The van der Waals surface area contributed by atoms with Gasteiger partial charge in [-0.2, -0.15) is 5.10 Å². The molecule has 0 fully saturated rings. The number of nitro groups is 2. The maximum Gasteiger partial charge on any atom is 0.301 e. The minimum Gasteiger partial charge on any atom is -0.271 e. The van der Waals surface area contributed by atoms with Gasteiger partial charge in [0.15, 0.2) is 0 Å². The van der Waals surface area contributed by atoms with Gasteiger partial charge in [-0.3, -0.25) is 25.7 Å². The van der Waals surface area contributed by atoms with Crippen LogP contribution in [0.5, 0.6) is 0 Å². The zero-order valence-electron chi connectivity index (χ0n) is 13.2. The summed E-state index contributed by atoms with van der Waals surface area (Å²) in [4.78, 5) is 20.5. The molecule has 0 aliphatic rings. The maximum absolute atomic E-state index is 11.1. The predicted octanol–water partition coefficient (Wildman–Crippen LogP) is 3.98. The van der Waals surface area contributed by atoms with Crippen molar-refractivity contribution in [3.8, 4) is 0 Å². The SMILES string of the molecule is CC(C)/C(=N/Nc1ccc([N+](=O)[O-])cc1[N+](=O)[O-])c1ccccc1. The number of hydrogen-bond donors (Lipinski definition) is 1. The first-order valence-electron chi connectivity index (χ1n) is 7.22. The minimum atomic E-state index is -0.678. The first kappa shape index (κ1) is 17.1. The van der Waals surface area contributed by atoms with Gasteiger partial charge in [-0.15, -0.1) is 0 Å². The first-order chi connectivity index (χ1) is 11.4. The number of rotatable bonds is 6. The molecule has 1 N–H and O–H groups in total. The van der Waals surface area contributed by atoms with Crippen LogP contribution in [-0.4, -0.2) is 15.6 Å². The fraction of sp³-hybridized carbons (Fsp3) is 0.188. The Kier molecular flexibility index (Phi) is 5.20. The Morgan fingerprint density at radius 2 is 1.71 bits per heavy atom. The summed E-state index contributed by atoms with van der Waals surface area (Å²) in [6, 6.07) is 12.8. The standard InChI is InChI=1S/C16H16N4O4/c1-11(2)16(12-6-4-3-5-7-12)18-17-14-9-8-13(19(21)22)10-15(14)20(23)24/h3-11,17H,1-2H3/b18-16-. The van der Waals surface area contributed by atoms with Crippen LogP contribution in [0.15, 0.2) is 53.6 Å². The molecule has 0 radical (unpaired) electrons. The molecule has 0 aromatic heterocycles. The van der Waals surface area contributed by atoms with Crippen molar-refractivity contribution < 1.29 is 9.85 Å². The average Bonchev–Trinajstić information content (AvgIpc) is 2.55. The van der Waals surface area contributed by atoms with Crippen molar-refractivity contribution in [2.45, 2.75) is 13.8 Å². The number of anilines is 1. The van der Waals surface area contributed by atoms with E-state index < -0.39 is 15.5 Å². The molecule has 0 heterocycles. The molecule has 0 unspecified atom stereocenters. The normalized spacial score (nSPS) is 11.4. The van der Waals surface area contributed by atoms with Crippen LogP contribution in [0, 0.1) is 26.1 Å². The van der Waals surface area contributed by atoms with Gasteiger partial charge in [0.25, 0.3) is 5.69 Å². The Hall–Kier alpha value is -3.29. The van der Waals surface area contributed by atoms with Crippen molar-refractivity contribution in [1.29, 1.82) is 0 Å². The maximum atomic E-state index is 11.1. The second-order valence-corrected chi connectivity index (χ2v) is 5.35. The quantitative estimate of drug-likeness (QED) is 0.490. The summed E-state index contributed by atoms with van der Waals surface area (Å²) in [6.45, 7) is 3.91. The van der Waals surface area contributed by atoms with E-state index in [-0.39, 0.29) is 17.3 Å². The monoisotopic (exact) mass is 328 g/mol. The molecule has 2 rings (SSSR count). The summed E-state index contributed by atoms with van der Waals surface area (Å²) in [5.41, 5.74) is 3.64. The highest BCUT2D eigenvalue weighted by Gasteiger charge is 2.19. The van der Waals surface area contributed by atoms with E-state index in [1.165, 1.54) is 12.1 Å². The van der Waals surface area contributed by atoms with Crippen molar-refractivity contribution >= 4 is 22.8 Å². The summed E-state index contributed by atoms with van der Waals surface area (Å²) < 4.78 is 0. The molecule has 8 nitrogen and oxygen atoms in total. The van der Waals surface area contributed by atoms with Gasteiger partial charge >= 0.3 is 5.69 Å². The highest BCUT2D eigenvalue weighted by molar-refractivity contribution is 6.02. The van der Waals surface area contributed by atoms with Crippen LogP contribution in [0.4, 0.5) is 17.1 Å². The third-order valence-corrected chi connectivity index (χ3v) is 3.30. The molecule has 0 spiro atoms. The van der Waals surface area contributed by atoms with E-state index in [2.05, 4.69) is 10.5 Å². The lowest BCUT2D eigenvalue weighted by molar-refractivity contribution is -0.393. The van der Waals surface area contributed by atoms with Crippen molar-refractivity contribution in [3.05, 3.63) is 74.3 Å². The van der Waals surface area contributed by atoms with Gasteiger partial charge in [-0.05, 0) is 17.5 Å². The Labute approximate surface area is 138 Å². The van der Waals surface area contributed by atoms with E-state index in [9.17, 15) is 20.2 Å². The van der Waals surface area contributed by atoms with Crippen LogP contribution in [0.1, 0.15) is 19.4 Å². The predicted molar refractivity (Wildman–Crippen MR) is 91.2 cm³/mol. The minimum absolute atomic E-state index is 0.0806. The zero-order valence-corrected chi connectivity index (χ0v) is 13.2. The molecule has 24 heavy (non-hydrogen) atoms. The first-order valence-corrected chi connectivity index (χ1v) is 7.22. The van der Waals surface area contributed by atoms with Crippen molar-refractivity contribution in [2.75, 3.05) is 5.43 Å².